The molecule has 0 spiro atoms. The van der Waals surface area contributed by atoms with Crippen LogP contribution in [-0.4, -0.2) is 58.5 Å². The van der Waals surface area contributed by atoms with E-state index in [1.165, 1.54) is 61.6 Å². The lowest BCUT2D eigenvalue weighted by Crippen LogP contribution is -2.51. The largest absolute Gasteiger partial charge is 0.493 e. The van der Waals surface area contributed by atoms with Gasteiger partial charge in [0, 0.05) is 29.2 Å². The molecule has 3 rings (SSSR count). The van der Waals surface area contributed by atoms with E-state index in [2.05, 4.69) is 5.32 Å². The fraction of sp³-hybridized carbons (Fsp3) is 0.310. The molecule has 0 saturated heterocycles. The molecule has 0 aromatic heterocycles. The monoisotopic (exact) mass is 621 g/mol. The third-order valence-corrected chi connectivity index (χ3v) is 8.74. The van der Waals surface area contributed by atoms with E-state index in [0.717, 1.165) is 4.31 Å². The second-order valence-corrected chi connectivity index (χ2v) is 11.8. The zero-order chi connectivity index (χ0) is 30.2. The number of nitrogens with one attached hydrogen (secondary N) is 1. The van der Waals surface area contributed by atoms with Crippen LogP contribution in [0.15, 0.2) is 71.6 Å². The summed E-state index contributed by atoms with van der Waals surface area (Å²) in [5.41, 5.74) is 0.816. The number of ether oxygens (including phenoxy) is 2. The van der Waals surface area contributed by atoms with Crippen LogP contribution in [0.1, 0.15) is 25.8 Å². The normalized spacial score (nSPS) is 11.9. The van der Waals surface area contributed by atoms with Crippen LogP contribution in [0.4, 0.5) is 5.69 Å². The molecule has 3 aromatic carbocycles. The molecule has 0 aliphatic carbocycles. The van der Waals surface area contributed by atoms with Gasteiger partial charge in [-0.05, 0) is 61.4 Å². The Morgan fingerprint density at radius 2 is 1.61 bits per heavy atom. The van der Waals surface area contributed by atoms with Gasteiger partial charge in [-0.3, -0.25) is 13.9 Å². The zero-order valence-corrected chi connectivity index (χ0v) is 25.6. The SMILES string of the molecule is CCCNC(=O)[C@@H](C)N(Cc1ccccc1Cl)C(=O)CN(c1ccc(Cl)cc1)S(=O)(=O)c1ccc(OC)c(OC)c1. The predicted molar refractivity (Wildman–Crippen MR) is 160 cm³/mol. The maximum absolute atomic E-state index is 14.0. The van der Waals surface area contributed by atoms with Gasteiger partial charge >= 0.3 is 0 Å². The van der Waals surface area contributed by atoms with Gasteiger partial charge < -0.3 is 19.7 Å². The summed E-state index contributed by atoms with van der Waals surface area (Å²) in [5.74, 6) is -0.424. The van der Waals surface area contributed by atoms with Gasteiger partial charge in [-0.25, -0.2) is 8.42 Å². The minimum absolute atomic E-state index is 0.00984. The molecular formula is C29H33Cl2N3O6S. The third kappa shape index (κ3) is 7.84. The summed E-state index contributed by atoms with van der Waals surface area (Å²) in [6, 6.07) is 16.3. The Hall–Kier alpha value is -3.47. The van der Waals surface area contributed by atoms with E-state index in [9.17, 15) is 18.0 Å². The Morgan fingerprint density at radius 3 is 2.22 bits per heavy atom. The highest BCUT2D eigenvalue weighted by Crippen LogP contribution is 2.33. The average molecular weight is 623 g/mol. The van der Waals surface area contributed by atoms with Gasteiger partial charge in [0.1, 0.15) is 12.6 Å². The summed E-state index contributed by atoms with van der Waals surface area (Å²) in [5, 5.41) is 3.61. The Labute approximate surface area is 251 Å². The number of methoxy groups -OCH3 is 2. The molecule has 0 unspecified atom stereocenters. The van der Waals surface area contributed by atoms with Crippen molar-refractivity contribution in [3.8, 4) is 11.5 Å². The lowest BCUT2D eigenvalue weighted by molar-refractivity contribution is -0.139. The Kier molecular flexibility index (Phi) is 11.3. The summed E-state index contributed by atoms with van der Waals surface area (Å²) >= 11 is 12.5. The maximum atomic E-state index is 14.0. The lowest BCUT2D eigenvalue weighted by Gasteiger charge is -2.32. The second kappa shape index (κ2) is 14.4. The van der Waals surface area contributed by atoms with Crippen LogP contribution < -0.4 is 19.1 Å². The molecule has 0 heterocycles. The first-order valence-electron chi connectivity index (χ1n) is 12.8. The van der Waals surface area contributed by atoms with E-state index < -0.39 is 28.5 Å². The van der Waals surface area contributed by atoms with Crippen molar-refractivity contribution in [3.05, 3.63) is 82.3 Å². The maximum Gasteiger partial charge on any atom is 0.264 e. The predicted octanol–water partition coefficient (Wildman–Crippen LogP) is 5.15. The number of rotatable bonds is 13. The number of carbonyl (C=O) groups excluding carboxylic acids is 2. The summed E-state index contributed by atoms with van der Waals surface area (Å²) in [7, 11) is -1.48. The number of hydrogen-bond acceptors (Lipinski definition) is 6. The molecule has 3 aromatic rings. The molecule has 0 saturated carbocycles. The number of halogens is 2. The highest BCUT2D eigenvalue weighted by molar-refractivity contribution is 7.92. The van der Waals surface area contributed by atoms with Crippen LogP contribution in [0.3, 0.4) is 0 Å². The van der Waals surface area contributed by atoms with Crippen LogP contribution >= 0.6 is 23.2 Å². The molecule has 220 valence electrons. The highest BCUT2D eigenvalue weighted by atomic mass is 35.5. The number of hydrogen-bond donors (Lipinski definition) is 1. The van der Waals surface area contributed by atoms with Crippen molar-refractivity contribution in [2.24, 2.45) is 0 Å². The van der Waals surface area contributed by atoms with E-state index in [1.807, 2.05) is 6.92 Å². The molecule has 0 aliphatic rings. The van der Waals surface area contributed by atoms with Crippen LogP contribution in [0.5, 0.6) is 11.5 Å². The molecule has 0 bridgehead atoms. The summed E-state index contributed by atoms with van der Waals surface area (Å²) in [4.78, 5) is 28.1. The van der Waals surface area contributed by atoms with Crippen molar-refractivity contribution < 1.29 is 27.5 Å². The number of benzene rings is 3. The van der Waals surface area contributed by atoms with E-state index in [4.69, 9.17) is 32.7 Å². The zero-order valence-electron chi connectivity index (χ0n) is 23.3. The fourth-order valence-corrected chi connectivity index (χ4v) is 5.78. The number of amides is 2. The quantitative estimate of drug-likeness (QED) is 0.283. The van der Waals surface area contributed by atoms with Gasteiger partial charge in [-0.15, -0.1) is 0 Å². The first kappa shape index (κ1) is 32.0. The fourth-order valence-electron chi connectivity index (χ4n) is 4.03. The molecule has 1 N–H and O–H groups in total. The molecule has 0 radical (unpaired) electrons. The Morgan fingerprint density at radius 1 is 0.951 bits per heavy atom. The van der Waals surface area contributed by atoms with E-state index >= 15 is 0 Å². The van der Waals surface area contributed by atoms with Crippen molar-refractivity contribution in [1.82, 2.24) is 10.2 Å². The molecular weight excluding hydrogens is 589 g/mol. The molecule has 41 heavy (non-hydrogen) atoms. The minimum atomic E-state index is -4.31. The summed E-state index contributed by atoms with van der Waals surface area (Å²) < 4.78 is 39.6. The first-order chi connectivity index (χ1) is 19.5. The standard InChI is InChI=1S/C29H33Cl2N3O6S/c1-5-16-32-29(36)20(2)33(18-21-8-6-7-9-25(21)31)28(35)19-34(23-12-10-22(30)11-13-23)41(37,38)24-14-15-26(39-3)27(17-24)40-4/h6-15,17,20H,5,16,18-19H2,1-4H3,(H,32,36)/t20-/m1/s1. The van der Waals surface area contributed by atoms with Crippen molar-refractivity contribution in [2.75, 3.05) is 31.6 Å². The van der Waals surface area contributed by atoms with Gasteiger partial charge in [0.15, 0.2) is 11.5 Å². The molecule has 9 nitrogen and oxygen atoms in total. The topological polar surface area (TPSA) is 105 Å². The van der Waals surface area contributed by atoms with Crippen molar-refractivity contribution in [3.63, 3.8) is 0 Å². The van der Waals surface area contributed by atoms with Gasteiger partial charge in [0.25, 0.3) is 10.0 Å². The third-order valence-electron chi connectivity index (χ3n) is 6.35. The van der Waals surface area contributed by atoms with Crippen LogP contribution in [0.25, 0.3) is 0 Å². The van der Waals surface area contributed by atoms with Crippen LogP contribution in [0.2, 0.25) is 10.0 Å². The van der Waals surface area contributed by atoms with E-state index in [0.29, 0.717) is 34.3 Å². The van der Waals surface area contributed by atoms with Gasteiger partial charge in [0.05, 0.1) is 24.8 Å². The van der Waals surface area contributed by atoms with Crippen molar-refractivity contribution in [2.45, 2.75) is 37.8 Å². The molecule has 0 fully saturated rings. The molecule has 12 heteroatoms. The van der Waals surface area contributed by atoms with Gasteiger partial charge in [-0.2, -0.15) is 0 Å². The second-order valence-electron chi connectivity index (χ2n) is 9.08. The van der Waals surface area contributed by atoms with Crippen molar-refractivity contribution in [1.29, 1.82) is 0 Å². The minimum Gasteiger partial charge on any atom is -0.493 e. The molecule has 1 atom stereocenters. The first-order valence-corrected chi connectivity index (χ1v) is 15.0. The van der Waals surface area contributed by atoms with Gasteiger partial charge in [0.2, 0.25) is 11.8 Å². The number of sulfonamides is 1. The molecule has 2 amide bonds. The lowest BCUT2D eigenvalue weighted by atomic mass is 10.1. The average Bonchev–Trinajstić information content (AvgIpc) is 2.97. The number of carbonyl (C=O) groups is 2. The summed E-state index contributed by atoms with van der Waals surface area (Å²) in [6.45, 7) is 3.33. The number of nitrogens with zero attached hydrogens (tertiary/aromatic N) is 2. The van der Waals surface area contributed by atoms with Gasteiger partial charge in [-0.1, -0.05) is 48.3 Å². The smallest absolute Gasteiger partial charge is 0.264 e. The summed E-state index contributed by atoms with van der Waals surface area (Å²) in [6.07, 6.45) is 0.713. The highest BCUT2D eigenvalue weighted by Gasteiger charge is 2.33. The molecule has 0 aliphatic heterocycles. The number of anilines is 1. The Bertz CT molecular complexity index is 1470. The van der Waals surface area contributed by atoms with Crippen LogP contribution in [0, 0.1) is 0 Å². The Balaban J connectivity index is 2.07. The van der Waals surface area contributed by atoms with E-state index in [1.54, 1.807) is 31.2 Å². The van der Waals surface area contributed by atoms with Crippen molar-refractivity contribution >= 4 is 50.7 Å². The van der Waals surface area contributed by atoms with E-state index in [-0.39, 0.29) is 28.8 Å². The van der Waals surface area contributed by atoms with Crippen LogP contribution in [-0.2, 0) is 26.2 Å².